The van der Waals surface area contributed by atoms with Crippen molar-refractivity contribution in [3.05, 3.63) is 29.8 Å². The van der Waals surface area contributed by atoms with Crippen molar-refractivity contribution in [2.45, 2.75) is 10.8 Å². The van der Waals surface area contributed by atoms with E-state index in [4.69, 9.17) is 10.4 Å². The summed E-state index contributed by atoms with van der Waals surface area (Å²) in [6.45, 7) is -2.69. The zero-order chi connectivity index (χ0) is 13.8. The van der Waals surface area contributed by atoms with E-state index >= 15 is 0 Å². The highest BCUT2D eigenvalue weighted by atomic mass is 32.2. The van der Waals surface area contributed by atoms with Crippen molar-refractivity contribution in [3.63, 3.8) is 0 Å². The van der Waals surface area contributed by atoms with Crippen molar-refractivity contribution in [1.82, 2.24) is 4.72 Å². The van der Waals surface area contributed by atoms with Gasteiger partial charge in [0.1, 0.15) is 12.7 Å². The number of nitrogens with zero attached hydrogens (tertiary/aromatic N) is 1. The van der Waals surface area contributed by atoms with Gasteiger partial charge in [0.05, 0.1) is 17.0 Å². The molecule has 98 valence electrons. The lowest BCUT2D eigenvalue weighted by atomic mass is 10.2. The number of alkyl halides is 2. The van der Waals surface area contributed by atoms with Crippen LogP contribution < -0.4 is 4.72 Å². The van der Waals surface area contributed by atoms with Crippen LogP contribution in [0.2, 0.25) is 0 Å². The normalized spacial score (nSPS) is 12.1. The Hall–Kier alpha value is -1.56. The van der Waals surface area contributed by atoms with Gasteiger partial charge in [-0.15, -0.1) is 0 Å². The molecule has 0 amide bonds. The van der Waals surface area contributed by atoms with Crippen molar-refractivity contribution in [2.24, 2.45) is 0 Å². The molecular weight excluding hydrogens is 266 g/mol. The minimum absolute atomic E-state index is 0.141. The van der Waals surface area contributed by atoms with Gasteiger partial charge in [0.15, 0.2) is 0 Å². The van der Waals surface area contributed by atoms with E-state index in [9.17, 15) is 17.2 Å². The molecule has 0 aliphatic rings. The molecule has 0 aliphatic heterocycles. The number of halogens is 2. The van der Waals surface area contributed by atoms with E-state index in [1.165, 1.54) is 18.2 Å². The number of aliphatic hydroxyl groups is 1. The van der Waals surface area contributed by atoms with Gasteiger partial charge in [-0.1, -0.05) is 12.1 Å². The van der Waals surface area contributed by atoms with Gasteiger partial charge in [-0.25, -0.2) is 21.9 Å². The third-order valence-electron chi connectivity index (χ3n) is 2.05. The molecule has 2 N–H and O–H groups in total. The van der Waals surface area contributed by atoms with Crippen LogP contribution in [-0.4, -0.2) is 32.6 Å². The molecule has 8 heteroatoms. The Bertz CT molecular complexity index is 567. The first-order valence-electron chi connectivity index (χ1n) is 4.80. The van der Waals surface area contributed by atoms with Gasteiger partial charge in [0.2, 0.25) is 10.0 Å². The summed E-state index contributed by atoms with van der Waals surface area (Å²) >= 11 is 0. The van der Waals surface area contributed by atoms with E-state index < -0.39 is 29.1 Å². The highest BCUT2D eigenvalue weighted by Gasteiger charge is 2.30. The van der Waals surface area contributed by atoms with Crippen LogP contribution in [0, 0.1) is 11.3 Å². The van der Waals surface area contributed by atoms with Crippen LogP contribution in [0.5, 0.6) is 0 Å². The Morgan fingerprint density at radius 3 is 2.56 bits per heavy atom. The third-order valence-corrected chi connectivity index (χ3v) is 3.51. The summed E-state index contributed by atoms with van der Waals surface area (Å²) in [5.74, 6) is -3.55. The molecule has 18 heavy (non-hydrogen) atoms. The SMILES string of the molecule is N#Cc1ccccc1S(=O)(=O)NCC(F)(F)CO. The summed E-state index contributed by atoms with van der Waals surface area (Å²) in [4.78, 5) is -0.374. The van der Waals surface area contributed by atoms with E-state index in [2.05, 4.69) is 0 Å². The van der Waals surface area contributed by atoms with Gasteiger partial charge >= 0.3 is 0 Å². The minimum Gasteiger partial charge on any atom is -0.390 e. The van der Waals surface area contributed by atoms with Gasteiger partial charge in [-0.2, -0.15) is 5.26 Å². The van der Waals surface area contributed by atoms with Gasteiger partial charge in [-0.3, -0.25) is 0 Å². The topological polar surface area (TPSA) is 90.2 Å². The Kier molecular flexibility index (Phi) is 4.34. The lowest BCUT2D eigenvalue weighted by molar-refractivity contribution is -0.0437. The minimum atomic E-state index is -4.21. The number of aliphatic hydroxyl groups excluding tert-OH is 1. The number of benzene rings is 1. The van der Waals surface area contributed by atoms with Crippen LogP contribution in [0.25, 0.3) is 0 Å². The predicted molar refractivity (Wildman–Crippen MR) is 58.4 cm³/mol. The van der Waals surface area contributed by atoms with E-state index in [1.807, 2.05) is 0 Å². The predicted octanol–water partition coefficient (Wildman–Crippen LogP) is 0.464. The average molecular weight is 276 g/mol. The maximum atomic E-state index is 12.7. The monoisotopic (exact) mass is 276 g/mol. The zero-order valence-electron chi connectivity index (χ0n) is 9.10. The number of hydrogen-bond acceptors (Lipinski definition) is 4. The molecular formula is C10H10F2N2O3S. The molecule has 5 nitrogen and oxygen atoms in total. The zero-order valence-corrected chi connectivity index (χ0v) is 9.92. The fourth-order valence-electron chi connectivity index (χ4n) is 1.13. The summed E-state index contributed by atoms with van der Waals surface area (Å²) in [7, 11) is -4.21. The van der Waals surface area contributed by atoms with Crippen molar-refractivity contribution in [2.75, 3.05) is 13.2 Å². The molecule has 0 fully saturated rings. The first kappa shape index (κ1) is 14.5. The largest absolute Gasteiger partial charge is 0.390 e. The van der Waals surface area contributed by atoms with Gasteiger partial charge < -0.3 is 5.11 Å². The number of nitrogens with one attached hydrogen (secondary N) is 1. The van der Waals surface area contributed by atoms with Gasteiger partial charge in [0.25, 0.3) is 5.92 Å². The van der Waals surface area contributed by atoms with Crippen LogP contribution in [0.4, 0.5) is 8.78 Å². The summed E-state index contributed by atoms with van der Waals surface area (Å²) < 4.78 is 50.5. The maximum Gasteiger partial charge on any atom is 0.283 e. The van der Waals surface area contributed by atoms with E-state index in [0.29, 0.717) is 0 Å². The van der Waals surface area contributed by atoms with Gasteiger partial charge in [0, 0.05) is 0 Å². The number of hydrogen-bond donors (Lipinski definition) is 2. The molecule has 0 aliphatic carbocycles. The number of sulfonamides is 1. The fourth-order valence-corrected chi connectivity index (χ4v) is 2.35. The molecule has 0 unspecified atom stereocenters. The van der Waals surface area contributed by atoms with E-state index in [1.54, 1.807) is 10.8 Å². The van der Waals surface area contributed by atoms with Crippen molar-refractivity contribution < 1.29 is 22.3 Å². The van der Waals surface area contributed by atoms with Crippen LogP contribution in [0.3, 0.4) is 0 Å². The Labute approximate surface area is 103 Å². The average Bonchev–Trinajstić information content (AvgIpc) is 2.37. The molecule has 1 aromatic rings. The second-order valence-electron chi connectivity index (χ2n) is 3.45. The van der Waals surface area contributed by atoms with Crippen molar-refractivity contribution >= 4 is 10.0 Å². The molecule has 0 radical (unpaired) electrons. The first-order chi connectivity index (χ1) is 8.32. The molecule has 0 atom stereocenters. The van der Waals surface area contributed by atoms with Gasteiger partial charge in [-0.05, 0) is 12.1 Å². The number of rotatable bonds is 5. The fraction of sp³-hybridized carbons (Fsp3) is 0.300. The Balaban J connectivity index is 2.98. The molecule has 0 spiro atoms. The first-order valence-corrected chi connectivity index (χ1v) is 6.28. The maximum absolute atomic E-state index is 12.7. The highest BCUT2D eigenvalue weighted by Crippen LogP contribution is 2.16. The summed E-state index contributed by atoms with van der Waals surface area (Å²) in [6, 6.07) is 6.89. The van der Waals surface area contributed by atoms with Crippen LogP contribution in [0.15, 0.2) is 29.2 Å². The van der Waals surface area contributed by atoms with Crippen molar-refractivity contribution in [3.8, 4) is 6.07 Å². The molecule has 0 aromatic heterocycles. The molecule has 1 rings (SSSR count). The lowest BCUT2D eigenvalue weighted by Crippen LogP contribution is -2.39. The van der Waals surface area contributed by atoms with Crippen LogP contribution >= 0.6 is 0 Å². The Morgan fingerprint density at radius 1 is 1.39 bits per heavy atom. The summed E-state index contributed by atoms with van der Waals surface area (Å²) in [5, 5.41) is 17.1. The molecule has 0 bridgehead atoms. The molecule has 0 saturated carbocycles. The Morgan fingerprint density at radius 2 is 2.00 bits per heavy atom. The van der Waals surface area contributed by atoms with E-state index in [-0.39, 0.29) is 10.5 Å². The lowest BCUT2D eigenvalue weighted by Gasteiger charge is -2.14. The molecule has 0 saturated heterocycles. The quantitative estimate of drug-likeness (QED) is 0.817. The smallest absolute Gasteiger partial charge is 0.283 e. The second-order valence-corrected chi connectivity index (χ2v) is 5.18. The summed E-state index contributed by atoms with van der Waals surface area (Å²) in [5.41, 5.74) is -0.141. The molecule has 0 heterocycles. The van der Waals surface area contributed by atoms with E-state index in [0.717, 1.165) is 6.07 Å². The van der Waals surface area contributed by atoms with Crippen molar-refractivity contribution in [1.29, 1.82) is 5.26 Å². The number of nitriles is 1. The summed E-state index contributed by atoms with van der Waals surface area (Å²) in [6.07, 6.45) is 0. The third kappa shape index (κ3) is 3.46. The highest BCUT2D eigenvalue weighted by molar-refractivity contribution is 7.89. The molecule has 1 aromatic carbocycles. The second kappa shape index (κ2) is 5.39. The van der Waals surface area contributed by atoms with Crippen LogP contribution in [-0.2, 0) is 10.0 Å². The van der Waals surface area contributed by atoms with Crippen LogP contribution in [0.1, 0.15) is 5.56 Å². The standard InChI is InChI=1S/C10H10F2N2O3S/c11-10(12,7-15)6-14-18(16,17)9-4-2-1-3-8(9)5-13/h1-4,14-15H,6-7H2.